The third-order valence-electron chi connectivity index (χ3n) is 3.33. The first-order valence-corrected chi connectivity index (χ1v) is 8.71. The van der Waals surface area contributed by atoms with Crippen LogP contribution in [0.2, 0.25) is 0 Å². The molecule has 0 aliphatic heterocycles. The van der Waals surface area contributed by atoms with Crippen molar-refractivity contribution in [3.05, 3.63) is 0 Å². The quantitative estimate of drug-likeness (QED) is 0.374. The van der Waals surface area contributed by atoms with Gasteiger partial charge in [0.2, 0.25) is 5.91 Å². The summed E-state index contributed by atoms with van der Waals surface area (Å²) < 4.78 is 5.25. The molecule has 1 atom stereocenters. The van der Waals surface area contributed by atoms with E-state index in [-0.39, 0.29) is 11.9 Å². The monoisotopic (exact) mass is 329 g/mol. The molecule has 23 heavy (non-hydrogen) atoms. The minimum Gasteiger partial charge on any atom is -0.460 e. The molecule has 5 N–H and O–H groups in total. The van der Waals surface area contributed by atoms with Crippen molar-refractivity contribution in [2.45, 2.75) is 83.8 Å². The zero-order chi connectivity index (χ0) is 17.7. The van der Waals surface area contributed by atoms with E-state index in [2.05, 4.69) is 5.32 Å². The highest BCUT2D eigenvalue weighted by Gasteiger charge is 2.15. The Bertz CT molecular complexity index is 340. The fraction of sp³-hybridized carbons (Fsp3) is 0.882. The summed E-state index contributed by atoms with van der Waals surface area (Å²) in [5.41, 5.74) is 10.8. The second-order valence-corrected chi connectivity index (χ2v) is 6.93. The first kappa shape index (κ1) is 21.9. The minimum absolute atomic E-state index is 0.0872. The Morgan fingerprint density at radius 2 is 1.70 bits per heavy atom. The minimum atomic E-state index is -0.436. The maximum absolute atomic E-state index is 11.7. The van der Waals surface area contributed by atoms with Crippen molar-refractivity contribution in [2.75, 3.05) is 13.1 Å². The van der Waals surface area contributed by atoms with Crippen molar-refractivity contribution in [1.82, 2.24) is 5.32 Å². The van der Waals surface area contributed by atoms with Crippen LogP contribution in [0.25, 0.3) is 0 Å². The maximum atomic E-state index is 11.7. The Hall–Kier alpha value is -1.14. The molecule has 0 rings (SSSR count). The van der Waals surface area contributed by atoms with Gasteiger partial charge < -0.3 is 21.5 Å². The lowest BCUT2D eigenvalue weighted by Crippen LogP contribution is -2.40. The van der Waals surface area contributed by atoms with Crippen LogP contribution in [0.4, 0.5) is 0 Å². The second kappa shape index (κ2) is 12.3. The highest BCUT2D eigenvalue weighted by atomic mass is 16.6. The van der Waals surface area contributed by atoms with Crippen LogP contribution >= 0.6 is 0 Å². The van der Waals surface area contributed by atoms with Crippen LogP contribution in [0.15, 0.2) is 0 Å². The molecule has 6 nitrogen and oxygen atoms in total. The number of nitrogens with two attached hydrogens (primary N) is 2. The van der Waals surface area contributed by atoms with Crippen LogP contribution in [0.1, 0.15) is 72.1 Å². The lowest BCUT2D eigenvalue weighted by Gasteiger charge is -2.19. The van der Waals surface area contributed by atoms with Crippen molar-refractivity contribution < 1.29 is 14.3 Å². The number of carbonyl (C=O) groups excluding carboxylic acids is 2. The smallest absolute Gasteiger partial charge is 0.306 e. The van der Waals surface area contributed by atoms with Crippen LogP contribution in [-0.2, 0) is 14.3 Å². The molecule has 0 aromatic carbocycles. The molecular formula is C17H35N3O3. The van der Waals surface area contributed by atoms with Crippen molar-refractivity contribution in [2.24, 2.45) is 11.5 Å². The van der Waals surface area contributed by atoms with Crippen molar-refractivity contribution in [3.8, 4) is 0 Å². The normalized spacial score (nSPS) is 12.7. The third kappa shape index (κ3) is 14.2. The molecule has 0 aliphatic carbocycles. The van der Waals surface area contributed by atoms with Crippen LogP contribution in [0.5, 0.6) is 0 Å². The summed E-state index contributed by atoms with van der Waals surface area (Å²) >= 11 is 0. The fourth-order valence-corrected chi connectivity index (χ4v) is 2.12. The highest BCUT2D eigenvalue weighted by Crippen LogP contribution is 2.11. The van der Waals surface area contributed by atoms with E-state index in [4.69, 9.17) is 16.2 Å². The van der Waals surface area contributed by atoms with Gasteiger partial charge in [0.1, 0.15) is 5.60 Å². The lowest BCUT2D eigenvalue weighted by molar-refractivity contribution is -0.154. The van der Waals surface area contributed by atoms with Crippen LogP contribution in [0, 0.1) is 0 Å². The van der Waals surface area contributed by atoms with Crippen molar-refractivity contribution in [1.29, 1.82) is 0 Å². The molecular weight excluding hydrogens is 294 g/mol. The van der Waals surface area contributed by atoms with Gasteiger partial charge in [0, 0.05) is 13.0 Å². The molecule has 0 heterocycles. The Morgan fingerprint density at radius 3 is 2.30 bits per heavy atom. The highest BCUT2D eigenvalue weighted by molar-refractivity contribution is 5.81. The predicted molar refractivity (Wildman–Crippen MR) is 92.8 cm³/mol. The number of nitrogens with one attached hydrogen (secondary N) is 1. The summed E-state index contributed by atoms with van der Waals surface area (Å²) in [5, 5.41) is 2.85. The van der Waals surface area contributed by atoms with Crippen molar-refractivity contribution in [3.63, 3.8) is 0 Å². The van der Waals surface area contributed by atoms with E-state index in [1.54, 1.807) is 0 Å². The Labute approximate surface area is 140 Å². The Balaban J connectivity index is 3.51. The molecule has 0 saturated carbocycles. The first-order valence-electron chi connectivity index (χ1n) is 8.71. The standard InChI is InChI=1S/C17H35N3O3/c1-17(2,3)23-15(21)11-6-4-5-9-13-20-16(22)14(19)10-7-8-12-18/h14H,4-13,18-19H2,1-3H3,(H,20,22). The molecule has 0 spiro atoms. The summed E-state index contributed by atoms with van der Waals surface area (Å²) in [5.74, 6) is -0.231. The van der Waals surface area contributed by atoms with E-state index in [1.165, 1.54) is 0 Å². The molecule has 1 amide bonds. The number of carbonyl (C=O) groups is 2. The summed E-state index contributed by atoms with van der Waals surface area (Å²) in [6.45, 7) is 6.88. The van der Waals surface area contributed by atoms with Gasteiger partial charge in [-0.3, -0.25) is 9.59 Å². The van der Waals surface area contributed by atoms with Gasteiger partial charge in [-0.05, 0) is 53.0 Å². The van der Waals surface area contributed by atoms with Gasteiger partial charge >= 0.3 is 5.97 Å². The van der Waals surface area contributed by atoms with E-state index in [0.717, 1.165) is 38.5 Å². The van der Waals surface area contributed by atoms with E-state index < -0.39 is 11.6 Å². The Kier molecular flexibility index (Phi) is 11.7. The number of hydrogen-bond donors (Lipinski definition) is 3. The third-order valence-corrected chi connectivity index (χ3v) is 3.33. The van der Waals surface area contributed by atoms with Crippen LogP contribution in [0.3, 0.4) is 0 Å². The Morgan fingerprint density at radius 1 is 1.04 bits per heavy atom. The van der Waals surface area contributed by atoms with Crippen LogP contribution < -0.4 is 16.8 Å². The number of rotatable bonds is 12. The SMILES string of the molecule is CC(C)(C)OC(=O)CCCCCCNC(=O)C(N)CCCCN. The van der Waals surface area contributed by atoms with Gasteiger partial charge in [-0.1, -0.05) is 19.3 Å². The molecule has 0 fully saturated rings. The predicted octanol–water partition coefficient (Wildman–Crippen LogP) is 1.85. The molecule has 1 unspecified atom stereocenters. The number of esters is 1. The molecule has 0 aromatic heterocycles. The van der Waals surface area contributed by atoms with E-state index in [1.807, 2.05) is 20.8 Å². The maximum Gasteiger partial charge on any atom is 0.306 e. The van der Waals surface area contributed by atoms with Gasteiger partial charge in [-0.15, -0.1) is 0 Å². The van der Waals surface area contributed by atoms with E-state index in [9.17, 15) is 9.59 Å². The molecule has 0 radical (unpaired) electrons. The van der Waals surface area contributed by atoms with E-state index >= 15 is 0 Å². The molecule has 6 heteroatoms. The van der Waals surface area contributed by atoms with Gasteiger partial charge in [-0.2, -0.15) is 0 Å². The van der Waals surface area contributed by atoms with Gasteiger partial charge in [-0.25, -0.2) is 0 Å². The molecule has 0 bridgehead atoms. The number of amides is 1. The first-order chi connectivity index (χ1) is 10.8. The lowest BCUT2D eigenvalue weighted by atomic mass is 10.1. The number of ether oxygens (including phenoxy) is 1. The number of unbranched alkanes of at least 4 members (excludes halogenated alkanes) is 4. The van der Waals surface area contributed by atoms with E-state index in [0.29, 0.717) is 25.9 Å². The summed E-state index contributed by atoms with van der Waals surface area (Å²) in [6.07, 6.45) is 6.57. The summed E-state index contributed by atoms with van der Waals surface area (Å²) in [6, 6.07) is -0.436. The van der Waals surface area contributed by atoms with Gasteiger partial charge in [0.25, 0.3) is 0 Å². The average Bonchev–Trinajstić information content (AvgIpc) is 2.44. The molecule has 0 aliphatic rings. The fourth-order valence-electron chi connectivity index (χ4n) is 2.12. The molecule has 0 saturated heterocycles. The topological polar surface area (TPSA) is 107 Å². The molecule has 136 valence electrons. The second-order valence-electron chi connectivity index (χ2n) is 6.93. The number of hydrogen-bond acceptors (Lipinski definition) is 5. The van der Waals surface area contributed by atoms with Gasteiger partial charge in [0.15, 0.2) is 0 Å². The zero-order valence-electron chi connectivity index (χ0n) is 15.0. The van der Waals surface area contributed by atoms with Crippen LogP contribution in [-0.4, -0.2) is 36.6 Å². The zero-order valence-corrected chi connectivity index (χ0v) is 15.0. The molecule has 0 aromatic rings. The summed E-state index contributed by atoms with van der Waals surface area (Å²) in [7, 11) is 0. The summed E-state index contributed by atoms with van der Waals surface area (Å²) in [4.78, 5) is 23.2. The average molecular weight is 329 g/mol. The van der Waals surface area contributed by atoms with Gasteiger partial charge in [0.05, 0.1) is 6.04 Å². The van der Waals surface area contributed by atoms with Crippen molar-refractivity contribution >= 4 is 11.9 Å². The largest absolute Gasteiger partial charge is 0.460 e.